The van der Waals surface area contributed by atoms with Gasteiger partial charge in [-0.05, 0) is 27.3 Å². The van der Waals surface area contributed by atoms with Gasteiger partial charge in [0.15, 0.2) is 0 Å². The van der Waals surface area contributed by atoms with Gasteiger partial charge in [-0.3, -0.25) is 0 Å². The molecule has 74 valence electrons. The van der Waals surface area contributed by atoms with Gasteiger partial charge in [-0.2, -0.15) is 0 Å². The third kappa shape index (κ3) is 12.7. The minimum Gasteiger partial charge on any atom is -0.341 e. The van der Waals surface area contributed by atoms with Gasteiger partial charge in [0.05, 0.1) is 0 Å². The molecule has 0 heterocycles. The van der Waals surface area contributed by atoms with Crippen LogP contribution in [0.2, 0.25) is 13.1 Å². The summed E-state index contributed by atoms with van der Waals surface area (Å²) in [6.45, 7) is 11.1. The summed E-state index contributed by atoms with van der Waals surface area (Å²) in [5.74, 6) is 0. The Hall–Kier alpha value is 0.734. The molecule has 13 heavy (non-hydrogen) atoms. The summed E-state index contributed by atoms with van der Waals surface area (Å²) in [6.07, 6.45) is 1.20. The van der Waals surface area contributed by atoms with E-state index >= 15 is 0 Å². The molecule has 4 heteroatoms. The molecule has 0 saturated carbocycles. The van der Waals surface area contributed by atoms with Gasteiger partial charge >= 0.3 is 18.9 Å². The minimum atomic E-state index is -1.13. The molecule has 0 rings (SSSR count). The quantitative estimate of drug-likeness (QED) is 0.373. The Morgan fingerprint density at radius 1 is 1.08 bits per heavy atom. The van der Waals surface area contributed by atoms with Gasteiger partial charge < -0.3 is 16.3 Å². The van der Waals surface area contributed by atoms with Crippen LogP contribution in [0.4, 0.5) is 0 Å². The molecular weight excluding hydrogens is 171 g/mol. The average molecular weight is 194 g/mol. The van der Waals surface area contributed by atoms with Crippen molar-refractivity contribution in [2.24, 2.45) is 0 Å². The zero-order valence-electron chi connectivity index (χ0n) is 10.2. The van der Waals surface area contributed by atoms with Crippen LogP contribution in [0.1, 0.15) is 0 Å². The molecule has 0 saturated heterocycles. The molecule has 0 atom stereocenters. The maximum atomic E-state index is 4.22. The van der Waals surface area contributed by atoms with Crippen molar-refractivity contribution in [1.29, 1.82) is 0 Å². The van der Waals surface area contributed by atoms with Crippen molar-refractivity contribution < 1.29 is 18.9 Å². The number of nitrogens with zero attached hydrogens (tertiary/aromatic N) is 2. The van der Waals surface area contributed by atoms with Crippen LogP contribution in [0.25, 0.3) is 0 Å². The predicted octanol–water partition coefficient (Wildman–Crippen LogP) is -1.90. The first-order valence-electron chi connectivity index (χ1n) is 4.50. The first kappa shape index (κ1) is 16.2. The normalized spacial score (nSPS) is 12.0. The molecule has 0 amide bonds. The van der Waals surface area contributed by atoms with E-state index in [-0.39, 0.29) is 18.9 Å². The van der Waals surface area contributed by atoms with Crippen LogP contribution in [-0.2, 0) is 0 Å². The second-order valence-corrected chi connectivity index (χ2v) is 9.35. The first-order valence-corrected chi connectivity index (χ1v) is 7.91. The van der Waals surface area contributed by atoms with E-state index in [0.29, 0.717) is 0 Å². The molecule has 0 radical (unpaired) electrons. The Labute approximate surface area is 96.9 Å². The van der Waals surface area contributed by atoms with E-state index in [9.17, 15) is 0 Å². The predicted molar refractivity (Wildman–Crippen MR) is 58.9 cm³/mol. The Morgan fingerprint density at radius 3 is 1.85 bits per heavy atom. The molecule has 0 aliphatic heterocycles. The van der Waals surface area contributed by atoms with E-state index in [4.69, 9.17) is 0 Å². The van der Waals surface area contributed by atoms with Crippen LogP contribution >= 0.6 is 0 Å². The van der Waals surface area contributed by atoms with Crippen LogP contribution in [0, 0.1) is 6.55 Å². The second-order valence-electron chi connectivity index (χ2n) is 4.71. The van der Waals surface area contributed by atoms with Gasteiger partial charge in [0.1, 0.15) is 0 Å². The molecule has 0 aromatic carbocycles. The van der Waals surface area contributed by atoms with Gasteiger partial charge in [-0.15, -0.1) is 0 Å². The summed E-state index contributed by atoms with van der Waals surface area (Å²) in [5, 5.41) is 0. The van der Waals surface area contributed by atoms with E-state index in [1.165, 1.54) is 6.17 Å². The fraction of sp³-hybridized carbons (Fsp3) is 0.889. The van der Waals surface area contributed by atoms with Crippen molar-refractivity contribution >= 4 is 8.07 Å². The number of hydrogen-bond acceptors (Lipinski definition) is 2. The van der Waals surface area contributed by atoms with Crippen LogP contribution in [0.15, 0.2) is 0 Å². The van der Waals surface area contributed by atoms with E-state index in [1.54, 1.807) is 0 Å². The van der Waals surface area contributed by atoms with Crippen LogP contribution in [0.3, 0.4) is 0 Å². The van der Waals surface area contributed by atoms with Crippen LogP contribution in [-0.4, -0.2) is 58.3 Å². The Kier molecular flexibility index (Phi) is 8.81. The molecule has 0 spiro atoms. The van der Waals surface area contributed by atoms with E-state index in [2.05, 4.69) is 50.6 Å². The molecule has 0 aliphatic carbocycles. The van der Waals surface area contributed by atoms with Crippen molar-refractivity contribution in [2.75, 3.05) is 40.4 Å². The van der Waals surface area contributed by atoms with Crippen molar-refractivity contribution in [1.82, 2.24) is 9.80 Å². The van der Waals surface area contributed by atoms with Gasteiger partial charge in [0.2, 0.25) is 0 Å². The maximum absolute atomic E-state index is 4.22. The van der Waals surface area contributed by atoms with Gasteiger partial charge in [0, 0.05) is 13.1 Å². The molecular formula is C9H23LiN2Si. The van der Waals surface area contributed by atoms with Gasteiger partial charge in [0.25, 0.3) is 0 Å². The zero-order valence-corrected chi connectivity index (χ0v) is 11.2. The third-order valence-corrected chi connectivity index (χ3v) is 3.02. The molecule has 0 fully saturated rings. The molecule has 0 aromatic rings. The summed E-state index contributed by atoms with van der Waals surface area (Å²) in [6, 6.07) is 0. The summed E-state index contributed by atoms with van der Waals surface area (Å²) in [4.78, 5) is 4.60. The standard InChI is InChI=1S/C9H23N2Si.Li/c1-10(2)7-8-11(3)9-12(4,5)6;/h4,7-9H2,1-3,5-6H3;/q-1;+1. The maximum Gasteiger partial charge on any atom is 1.00 e. The van der Waals surface area contributed by atoms with Crippen molar-refractivity contribution in [3.63, 3.8) is 0 Å². The molecule has 0 unspecified atom stereocenters. The fourth-order valence-corrected chi connectivity index (χ4v) is 2.80. The summed E-state index contributed by atoms with van der Waals surface area (Å²) in [5.41, 5.74) is 0. The minimum absolute atomic E-state index is 0. The van der Waals surface area contributed by atoms with Gasteiger partial charge in [-0.25, -0.2) is 0 Å². The number of rotatable bonds is 5. The molecule has 0 aromatic heterocycles. The summed E-state index contributed by atoms with van der Waals surface area (Å²) in [7, 11) is 5.27. The van der Waals surface area contributed by atoms with Crippen molar-refractivity contribution in [3.8, 4) is 0 Å². The van der Waals surface area contributed by atoms with Crippen LogP contribution in [0.5, 0.6) is 0 Å². The molecule has 2 nitrogen and oxygen atoms in total. The Bertz CT molecular complexity index is 123. The van der Waals surface area contributed by atoms with Crippen molar-refractivity contribution in [3.05, 3.63) is 6.55 Å². The largest absolute Gasteiger partial charge is 1.00 e. The number of hydrogen-bond donors (Lipinski definition) is 0. The third-order valence-electron chi connectivity index (χ3n) is 1.63. The van der Waals surface area contributed by atoms with Crippen molar-refractivity contribution in [2.45, 2.75) is 13.1 Å². The molecule has 0 N–H and O–H groups in total. The topological polar surface area (TPSA) is 6.48 Å². The fourth-order valence-electron chi connectivity index (χ4n) is 1.18. The van der Waals surface area contributed by atoms with E-state index in [0.717, 1.165) is 13.1 Å². The summed E-state index contributed by atoms with van der Waals surface area (Å²) >= 11 is 0. The second kappa shape index (κ2) is 7.08. The Balaban J connectivity index is 0. The SMILES string of the molecule is [CH2-][Si](C)(C)CN(C)CCN(C)C.[Li+]. The number of likely N-dealkylation sites (N-methyl/N-ethyl adjacent to an activating group) is 2. The Morgan fingerprint density at radius 2 is 1.54 bits per heavy atom. The zero-order chi connectivity index (χ0) is 9.78. The first-order chi connectivity index (χ1) is 5.31. The van der Waals surface area contributed by atoms with Crippen LogP contribution < -0.4 is 18.9 Å². The smallest absolute Gasteiger partial charge is 0.341 e. The summed E-state index contributed by atoms with van der Waals surface area (Å²) < 4.78 is 0. The van der Waals surface area contributed by atoms with Gasteiger partial charge in [-0.1, -0.05) is 21.2 Å². The molecule has 0 aliphatic rings. The van der Waals surface area contributed by atoms with E-state index in [1.807, 2.05) is 0 Å². The van der Waals surface area contributed by atoms with E-state index < -0.39 is 8.07 Å². The molecule has 0 bridgehead atoms. The average Bonchev–Trinajstić information content (AvgIpc) is 1.79. The monoisotopic (exact) mass is 194 g/mol.